The van der Waals surface area contributed by atoms with Crippen LogP contribution in [0, 0.1) is 0 Å². The molecule has 1 atom stereocenters. The van der Waals surface area contributed by atoms with Crippen LogP contribution in [0.2, 0.25) is 0 Å². The van der Waals surface area contributed by atoms with Crippen LogP contribution < -0.4 is 5.73 Å². The normalized spacial score (nSPS) is 16.4. The molecule has 0 heterocycles. The van der Waals surface area contributed by atoms with Gasteiger partial charge < -0.3 is 5.73 Å². The summed E-state index contributed by atoms with van der Waals surface area (Å²) in [6.07, 6.45) is 1.04. The lowest BCUT2D eigenvalue weighted by Gasteiger charge is -2.20. The van der Waals surface area contributed by atoms with Gasteiger partial charge in [0, 0.05) is 0 Å². The van der Waals surface area contributed by atoms with Crippen LogP contribution in [0.4, 0.5) is 4.39 Å². The van der Waals surface area contributed by atoms with Gasteiger partial charge >= 0.3 is 0 Å². The molecular formula is C6H12FNOS. The molecular weight excluding hydrogens is 153 g/mol. The van der Waals surface area contributed by atoms with Crippen LogP contribution in [0.3, 0.4) is 0 Å². The van der Waals surface area contributed by atoms with E-state index >= 15 is 0 Å². The predicted molar refractivity (Wildman–Crippen MR) is 41.8 cm³/mol. The number of hydrogen-bond donors (Lipinski definition) is 2. The van der Waals surface area contributed by atoms with Gasteiger partial charge in [0.2, 0.25) is 5.12 Å². The quantitative estimate of drug-likeness (QED) is 0.608. The van der Waals surface area contributed by atoms with Gasteiger partial charge in [0.15, 0.2) is 0 Å². The van der Waals surface area contributed by atoms with Crippen molar-refractivity contribution in [1.82, 2.24) is 0 Å². The Balaban J connectivity index is 4.08. The minimum Gasteiger partial charge on any atom is -0.316 e. The molecule has 10 heavy (non-hydrogen) atoms. The lowest BCUT2D eigenvalue weighted by Crippen LogP contribution is -2.47. The lowest BCUT2D eigenvalue weighted by molar-refractivity contribution is -0.116. The molecule has 0 aliphatic carbocycles. The second-order valence-corrected chi connectivity index (χ2v) is 2.75. The maximum Gasteiger partial charge on any atom is 0.208 e. The van der Waals surface area contributed by atoms with Crippen LogP contribution in [0.15, 0.2) is 0 Å². The second-order valence-electron chi connectivity index (χ2n) is 2.34. The topological polar surface area (TPSA) is 43.1 Å². The molecule has 0 radical (unpaired) electrons. The van der Waals surface area contributed by atoms with E-state index < -0.39 is 17.3 Å². The Bertz CT molecular complexity index is 131. The molecule has 0 saturated carbocycles. The standard InChI is InChI=1S/C6H12FNOS/c1-2-3-6(8,4-7)5(9)10/h2-4,8H2,1H3,(H,9,10). The predicted octanol–water partition coefficient (Wildman–Crippen LogP) is 0.910. The summed E-state index contributed by atoms with van der Waals surface area (Å²) in [7, 11) is 0. The van der Waals surface area contributed by atoms with E-state index in [4.69, 9.17) is 5.73 Å². The van der Waals surface area contributed by atoms with Crippen molar-refractivity contribution in [2.75, 3.05) is 6.67 Å². The average Bonchev–Trinajstić information content (AvgIpc) is 1.88. The number of hydrogen-bond acceptors (Lipinski definition) is 2. The number of rotatable bonds is 4. The van der Waals surface area contributed by atoms with E-state index in [-0.39, 0.29) is 0 Å². The SMILES string of the molecule is CCCC(N)(CF)C(=O)S. The Morgan fingerprint density at radius 2 is 2.30 bits per heavy atom. The van der Waals surface area contributed by atoms with Crippen LogP contribution in [0.1, 0.15) is 19.8 Å². The van der Waals surface area contributed by atoms with Crippen molar-refractivity contribution in [3.63, 3.8) is 0 Å². The highest BCUT2D eigenvalue weighted by molar-refractivity contribution is 7.96. The van der Waals surface area contributed by atoms with E-state index in [2.05, 4.69) is 12.6 Å². The molecule has 0 amide bonds. The van der Waals surface area contributed by atoms with Gasteiger partial charge in [-0.1, -0.05) is 13.3 Å². The third kappa shape index (κ3) is 2.27. The van der Waals surface area contributed by atoms with Gasteiger partial charge in [-0.3, -0.25) is 4.79 Å². The molecule has 0 aliphatic heterocycles. The molecule has 0 rings (SSSR count). The van der Waals surface area contributed by atoms with E-state index in [9.17, 15) is 9.18 Å². The van der Waals surface area contributed by atoms with Gasteiger partial charge in [-0.15, -0.1) is 12.6 Å². The molecule has 4 heteroatoms. The summed E-state index contributed by atoms with van der Waals surface area (Å²) >= 11 is 3.49. The Morgan fingerprint density at radius 1 is 1.80 bits per heavy atom. The number of nitrogens with two attached hydrogens (primary N) is 1. The molecule has 0 fully saturated rings. The summed E-state index contributed by atoms with van der Waals surface area (Å²) in [6, 6.07) is 0. The van der Waals surface area contributed by atoms with Gasteiger partial charge in [0.25, 0.3) is 0 Å². The maximum absolute atomic E-state index is 12.1. The monoisotopic (exact) mass is 165 g/mol. The third-order valence-electron chi connectivity index (χ3n) is 1.36. The highest BCUT2D eigenvalue weighted by Crippen LogP contribution is 2.13. The van der Waals surface area contributed by atoms with Crippen molar-refractivity contribution in [1.29, 1.82) is 0 Å². The smallest absolute Gasteiger partial charge is 0.208 e. The van der Waals surface area contributed by atoms with Crippen molar-refractivity contribution in [2.45, 2.75) is 25.3 Å². The second kappa shape index (κ2) is 3.93. The van der Waals surface area contributed by atoms with Crippen molar-refractivity contribution in [3.05, 3.63) is 0 Å². The molecule has 0 aromatic carbocycles. The van der Waals surface area contributed by atoms with Crippen molar-refractivity contribution in [3.8, 4) is 0 Å². The minimum absolute atomic E-state index is 0.353. The number of halogens is 1. The van der Waals surface area contributed by atoms with E-state index in [0.29, 0.717) is 12.8 Å². The first-order chi connectivity index (χ1) is 4.56. The van der Waals surface area contributed by atoms with Gasteiger partial charge in [-0.25, -0.2) is 4.39 Å². The first-order valence-electron chi connectivity index (χ1n) is 3.15. The van der Waals surface area contributed by atoms with Crippen LogP contribution in [0.5, 0.6) is 0 Å². The highest BCUT2D eigenvalue weighted by atomic mass is 32.1. The zero-order valence-electron chi connectivity index (χ0n) is 5.93. The summed E-state index contributed by atoms with van der Waals surface area (Å²) in [5, 5.41) is -0.572. The summed E-state index contributed by atoms with van der Waals surface area (Å²) in [4.78, 5) is 10.6. The number of thiol groups is 1. The van der Waals surface area contributed by atoms with Crippen molar-refractivity contribution < 1.29 is 9.18 Å². The molecule has 2 nitrogen and oxygen atoms in total. The largest absolute Gasteiger partial charge is 0.316 e. The molecule has 0 spiro atoms. The summed E-state index contributed by atoms with van der Waals surface area (Å²) in [6.45, 7) is 1.01. The Hall–Kier alpha value is -0.0900. The van der Waals surface area contributed by atoms with E-state index in [1.807, 2.05) is 6.92 Å². The fraction of sp³-hybridized carbons (Fsp3) is 0.833. The average molecular weight is 165 g/mol. The van der Waals surface area contributed by atoms with E-state index in [1.54, 1.807) is 0 Å². The number of carbonyl (C=O) groups excluding carboxylic acids is 1. The van der Waals surface area contributed by atoms with Crippen LogP contribution in [0.25, 0.3) is 0 Å². The van der Waals surface area contributed by atoms with Crippen LogP contribution in [-0.2, 0) is 4.79 Å². The first-order valence-corrected chi connectivity index (χ1v) is 3.60. The molecule has 0 saturated heterocycles. The van der Waals surface area contributed by atoms with Crippen LogP contribution >= 0.6 is 12.6 Å². The number of alkyl halides is 1. The van der Waals surface area contributed by atoms with Gasteiger partial charge in [-0.05, 0) is 6.42 Å². The zero-order valence-corrected chi connectivity index (χ0v) is 6.83. The molecule has 0 aromatic rings. The van der Waals surface area contributed by atoms with Gasteiger partial charge in [0.1, 0.15) is 12.2 Å². The summed E-state index contributed by atoms with van der Waals surface area (Å²) in [5.74, 6) is 0. The summed E-state index contributed by atoms with van der Waals surface area (Å²) < 4.78 is 12.1. The molecule has 1 unspecified atom stereocenters. The molecule has 0 aromatic heterocycles. The van der Waals surface area contributed by atoms with Crippen LogP contribution in [-0.4, -0.2) is 17.3 Å². The van der Waals surface area contributed by atoms with Gasteiger partial charge in [0.05, 0.1) is 0 Å². The maximum atomic E-state index is 12.1. The molecule has 2 N–H and O–H groups in total. The Labute approximate surface area is 65.4 Å². The first kappa shape index (κ1) is 9.91. The van der Waals surface area contributed by atoms with E-state index in [0.717, 1.165) is 0 Å². The third-order valence-corrected chi connectivity index (χ3v) is 1.81. The highest BCUT2D eigenvalue weighted by Gasteiger charge is 2.30. The molecule has 60 valence electrons. The summed E-state index contributed by atoms with van der Waals surface area (Å²) in [5.41, 5.74) is 4.00. The van der Waals surface area contributed by atoms with Crippen molar-refractivity contribution >= 4 is 17.7 Å². The fourth-order valence-corrected chi connectivity index (χ4v) is 0.849. The molecule has 0 bridgehead atoms. The Kier molecular flexibility index (Phi) is 3.89. The fourth-order valence-electron chi connectivity index (χ4n) is 0.677. The zero-order chi connectivity index (χ0) is 8.20. The minimum atomic E-state index is -1.35. The number of carbonyl (C=O) groups is 1. The van der Waals surface area contributed by atoms with Gasteiger partial charge in [-0.2, -0.15) is 0 Å². The Morgan fingerprint density at radius 3 is 2.40 bits per heavy atom. The van der Waals surface area contributed by atoms with Crippen molar-refractivity contribution in [2.24, 2.45) is 5.73 Å². The van der Waals surface area contributed by atoms with E-state index in [1.165, 1.54) is 0 Å². The lowest BCUT2D eigenvalue weighted by atomic mass is 9.99. The molecule has 0 aliphatic rings.